The Labute approximate surface area is 142 Å². The van der Waals surface area contributed by atoms with Gasteiger partial charge in [0.05, 0.1) is 24.8 Å². The van der Waals surface area contributed by atoms with Gasteiger partial charge in [-0.25, -0.2) is 0 Å². The van der Waals surface area contributed by atoms with Crippen LogP contribution in [0.3, 0.4) is 0 Å². The van der Waals surface area contributed by atoms with Crippen LogP contribution in [0.2, 0.25) is 0 Å². The average molecular weight is 325 g/mol. The zero-order chi connectivity index (χ0) is 16.9. The first kappa shape index (κ1) is 16.5. The summed E-state index contributed by atoms with van der Waals surface area (Å²) in [7, 11) is 3.81. The highest BCUT2D eigenvalue weighted by atomic mass is 16.5. The number of aromatic nitrogens is 1. The van der Waals surface area contributed by atoms with Gasteiger partial charge >= 0.3 is 0 Å². The number of nitriles is 1. The Bertz CT molecular complexity index is 746. The van der Waals surface area contributed by atoms with Gasteiger partial charge in [0.1, 0.15) is 6.07 Å². The van der Waals surface area contributed by atoms with Gasteiger partial charge in [0, 0.05) is 17.6 Å². The summed E-state index contributed by atoms with van der Waals surface area (Å²) in [5.74, 6) is 2.14. The van der Waals surface area contributed by atoms with E-state index in [1.807, 2.05) is 18.2 Å². The van der Waals surface area contributed by atoms with Gasteiger partial charge < -0.3 is 14.4 Å². The Balaban J connectivity index is 1.68. The molecule has 0 spiro atoms. The SMILES string of the molecule is COc1cc2cc(C#N)cnc2cc1OCCC1CCN(C)CC1. The van der Waals surface area contributed by atoms with Crippen molar-refractivity contribution < 1.29 is 9.47 Å². The molecule has 126 valence electrons. The van der Waals surface area contributed by atoms with E-state index >= 15 is 0 Å². The van der Waals surface area contributed by atoms with Crippen LogP contribution in [0.5, 0.6) is 11.5 Å². The lowest BCUT2D eigenvalue weighted by atomic mass is 9.94. The maximum atomic E-state index is 8.99. The van der Waals surface area contributed by atoms with Crippen LogP contribution in [-0.2, 0) is 0 Å². The summed E-state index contributed by atoms with van der Waals surface area (Å²) in [5, 5.41) is 9.87. The van der Waals surface area contributed by atoms with E-state index in [9.17, 15) is 0 Å². The molecule has 1 aliphatic rings. The number of fused-ring (bicyclic) bond motifs is 1. The van der Waals surface area contributed by atoms with Crippen molar-refractivity contribution in [2.75, 3.05) is 33.9 Å². The fraction of sp³-hybridized carbons (Fsp3) is 0.474. The summed E-state index contributed by atoms with van der Waals surface area (Å²) in [6, 6.07) is 7.70. The molecule has 3 rings (SSSR count). The van der Waals surface area contributed by atoms with Crippen molar-refractivity contribution in [1.29, 1.82) is 5.26 Å². The number of piperidine rings is 1. The molecule has 5 heteroatoms. The Morgan fingerprint density at radius 3 is 2.75 bits per heavy atom. The fourth-order valence-corrected chi connectivity index (χ4v) is 3.16. The third-order valence-electron chi connectivity index (χ3n) is 4.72. The van der Waals surface area contributed by atoms with Crippen molar-refractivity contribution in [3.63, 3.8) is 0 Å². The molecule has 0 radical (unpaired) electrons. The maximum absolute atomic E-state index is 8.99. The van der Waals surface area contributed by atoms with Crippen LogP contribution in [0, 0.1) is 17.2 Å². The molecule has 0 aliphatic carbocycles. The molecule has 0 unspecified atom stereocenters. The smallest absolute Gasteiger partial charge is 0.163 e. The van der Waals surface area contributed by atoms with Crippen molar-refractivity contribution in [2.24, 2.45) is 5.92 Å². The topological polar surface area (TPSA) is 58.4 Å². The summed E-state index contributed by atoms with van der Waals surface area (Å²) in [5.41, 5.74) is 1.35. The van der Waals surface area contributed by atoms with Crippen molar-refractivity contribution in [2.45, 2.75) is 19.3 Å². The van der Waals surface area contributed by atoms with Gasteiger partial charge in [0.2, 0.25) is 0 Å². The molecular weight excluding hydrogens is 302 g/mol. The van der Waals surface area contributed by atoms with Gasteiger partial charge in [-0.05, 0) is 57.5 Å². The highest BCUT2D eigenvalue weighted by molar-refractivity contribution is 5.83. The third kappa shape index (κ3) is 3.77. The third-order valence-corrected chi connectivity index (χ3v) is 4.72. The first-order chi connectivity index (χ1) is 11.7. The quantitative estimate of drug-likeness (QED) is 0.845. The molecular formula is C19H23N3O2. The van der Waals surface area contributed by atoms with E-state index in [-0.39, 0.29) is 0 Å². The van der Waals surface area contributed by atoms with Crippen LogP contribution in [0.15, 0.2) is 24.4 Å². The van der Waals surface area contributed by atoms with E-state index in [0.29, 0.717) is 17.9 Å². The average Bonchev–Trinajstić information content (AvgIpc) is 2.62. The standard InChI is InChI=1S/C19H23N3O2/c1-22-6-3-14(4-7-22)5-8-24-19-11-17-16(10-18(19)23-2)9-15(12-20)13-21-17/h9-11,13-14H,3-8H2,1-2H3. The van der Waals surface area contributed by atoms with Crippen LogP contribution < -0.4 is 9.47 Å². The fourth-order valence-electron chi connectivity index (χ4n) is 3.16. The summed E-state index contributed by atoms with van der Waals surface area (Å²) in [4.78, 5) is 6.71. The van der Waals surface area contributed by atoms with Gasteiger partial charge in [0.15, 0.2) is 11.5 Å². The Morgan fingerprint density at radius 1 is 1.25 bits per heavy atom. The lowest BCUT2D eigenvalue weighted by molar-refractivity contribution is 0.185. The second kappa shape index (κ2) is 7.50. The molecule has 0 amide bonds. The van der Waals surface area contributed by atoms with Crippen molar-refractivity contribution in [3.8, 4) is 17.6 Å². The minimum atomic E-state index is 0.542. The first-order valence-corrected chi connectivity index (χ1v) is 8.39. The Morgan fingerprint density at radius 2 is 2.04 bits per heavy atom. The molecule has 0 atom stereocenters. The predicted octanol–water partition coefficient (Wildman–Crippen LogP) is 3.23. The monoisotopic (exact) mass is 325 g/mol. The molecule has 24 heavy (non-hydrogen) atoms. The van der Waals surface area contributed by atoms with E-state index in [4.69, 9.17) is 14.7 Å². The summed E-state index contributed by atoms with van der Waals surface area (Å²) in [6.45, 7) is 3.04. The van der Waals surface area contributed by atoms with Crippen LogP contribution in [0.4, 0.5) is 0 Å². The lowest BCUT2D eigenvalue weighted by Gasteiger charge is -2.28. The van der Waals surface area contributed by atoms with Gasteiger partial charge in [-0.15, -0.1) is 0 Å². The number of likely N-dealkylation sites (tertiary alicyclic amines) is 1. The summed E-state index contributed by atoms with van der Waals surface area (Å²) < 4.78 is 11.4. The molecule has 1 aromatic carbocycles. The second-order valence-corrected chi connectivity index (χ2v) is 6.42. The lowest BCUT2D eigenvalue weighted by Crippen LogP contribution is -2.30. The number of rotatable bonds is 5. The van der Waals surface area contributed by atoms with E-state index in [1.54, 1.807) is 13.3 Å². The van der Waals surface area contributed by atoms with Gasteiger partial charge in [-0.3, -0.25) is 4.98 Å². The molecule has 2 aromatic rings. The van der Waals surface area contributed by atoms with E-state index in [0.717, 1.165) is 29.0 Å². The first-order valence-electron chi connectivity index (χ1n) is 8.39. The molecule has 2 heterocycles. The minimum absolute atomic E-state index is 0.542. The molecule has 1 aliphatic heterocycles. The van der Waals surface area contributed by atoms with Crippen LogP contribution >= 0.6 is 0 Å². The molecule has 0 N–H and O–H groups in total. The van der Waals surface area contributed by atoms with Crippen LogP contribution in [0.1, 0.15) is 24.8 Å². The largest absolute Gasteiger partial charge is 0.493 e. The second-order valence-electron chi connectivity index (χ2n) is 6.42. The summed E-state index contributed by atoms with van der Waals surface area (Å²) in [6.07, 6.45) is 5.13. The number of hydrogen-bond donors (Lipinski definition) is 0. The zero-order valence-corrected chi connectivity index (χ0v) is 14.3. The highest BCUT2D eigenvalue weighted by Crippen LogP contribution is 2.32. The van der Waals surface area contributed by atoms with Crippen LogP contribution in [-0.4, -0.2) is 43.7 Å². The van der Waals surface area contributed by atoms with Crippen molar-refractivity contribution in [3.05, 3.63) is 30.0 Å². The molecule has 5 nitrogen and oxygen atoms in total. The minimum Gasteiger partial charge on any atom is -0.493 e. The zero-order valence-electron chi connectivity index (χ0n) is 14.3. The highest BCUT2D eigenvalue weighted by Gasteiger charge is 2.17. The van der Waals surface area contributed by atoms with Crippen LogP contribution in [0.25, 0.3) is 10.9 Å². The molecule has 0 bridgehead atoms. The maximum Gasteiger partial charge on any atom is 0.163 e. The van der Waals surface area contributed by atoms with Gasteiger partial charge in [-0.2, -0.15) is 5.26 Å². The number of nitrogens with zero attached hydrogens (tertiary/aromatic N) is 3. The molecule has 0 saturated carbocycles. The number of ether oxygens (including phenoxy) is 2. The van der Waals surface area contributed by atoms with Gasteiger partial charge in [0.25, 0.3) is 0 Å². The molecule has 1 fully saturated rings. The number of pyridine rings is 1. The number of benzene rings is 1. The van der Waals surface area contributed by atoms with E-state index < -0.39 is 0 Å². The molecule has 1 aromatic heterocycles. The van der Waals surface area contributed by atoms with Gasteiger partial charge in [-0.1, -0.05) is 0 Å². The van der Waals surface area contributed by atoms with E-state index in [2.05, 4.69) is 23.0 Å². The number of hydrogen-bond acceptors (Lipinski definition) is 5. The van der Waals surface area contributed by atoms with E-state index in [1.165, 1.54) is 25.9 Å². The normalized spacial score (nSPS) is 16.0. The Hall–Kier alpha value is -2.32. The summed E-state index contributed by atoms with van der Waals surface area (Å²) >= 11 is 0. The van der Waals surface area contributed by atoms with Crippen molar-refractivity contribution >= 4 is 10.9 Å². The Kier molecular flexibility index (Phi) is 5.17. The van der Waals surface area contributed by atoms with Crippen molar-refractivity contribution in [1.82, 2.24) is 9.88 Å². The number of methoxy groups -OCH3 is 1. The molecule has 1 saturated heterocycles. The predicted molar refractivity (Wildman–Crippen MR) is 93.3 cm³/mol.